The van der Waals surface area contributed by atoms with E-state index in [0.29, 0.717) is 25.1 Å². The number of aryl methyl sites for hydroxylation is 1. The van der Waals surface area contributed by atoms with Gasteiger partial charge in [0.1, 0.15) is 0 Å². The quantitative estimate of drug-likeness (QED) is 0.516. The van der Waals surface area contributed by atoms with E-state index in [9.17, 15) is 9.90 Å². The van der Waals surface area contributed by atoms with Crippen LogP contribution in [0.2, 0.25) is 0 Å². The highest BCUT2D eigenvalue weighted by Crippen LogP contribution is 2.29. The van der Waals surface area contributed by atoms with Crippen LogP contribution >= 0.6 is 0 Å². The summed E-state index contributed by atoms with van der Waals surface area (Å²) in [5.74, 6) is 0.792. The summed E-state index contributed by atoms with van der Waals surface area (Å²) in [6, 6.07) is 7.91. The van der Waals surface area contributed by atoms with Gasteiger partial charge in [0.25, 0.3) is 5.56 Å². The zero-order valence-corrected chi connectivity index (χ0v) is 19.2. The summed E-state index contributed by atoms with van der Waals surface area (Å²) in [7, 11) is 0. The van der Waals surface area contributed by atoms with Crippen LogP contribution in [-0.2, 0) is 12.1 Å². The van der Waals surface area contributed by atoms with E-state index in [1.54, 1.807) is 0 Å². The number of aromatic amines is 1. The molecule has 0 saturated carbocycles. The molecular formula is C23H34N6O2. The van der Waals surface area contributed by atoms with Crippen LogP contribution in [0, 0.1) is 6.92 Å². The molecule has 2 aromatic heterocycles. The number of aliphatic hydroxyl groups is 1. The van der Waals surface area contributed by atoms with E-state index in [1.165, 1.54) is 0 Å². The zero-order valence-electron chi connectivity index (χ0n) is 19.2. The van der Waals surface area contributed by atoms with Crippen LogP contribution in [0.3, 0.4) is 0 Å². The summed E-state index contributed by atoms with van der Waals surface area (Å²) in [5.41, 5.74) is 2.38. The Morgan fingerprint density at radius 2 is 2.03 bits per heavy atom. The maximum Gasteiger partial charge on any atom is 0.252 e. The molecule has 3 aromatic rings. The fourth-order valence-corrected chi connectivity index (χ4v) is 3.91. The number of benzene rings is 1. The lowest BCUT2D eigenvalue weighted by Gasteiger charge is -2.33. The molecule has 3 rings (SSSR count). The average Bonchev–Trinajstić information content (AvgIpc) is 3.23. The Bertz CT molecular complexity index is 1070. The van der Waals surface area contributed by atoms with Crippen LogP contribution in [0.5, 0.6) is 0 Å². The van der Waals surface area contributed by atoms with Crippen molar-refractivity contribution in [3.05, 3.63) is 51.6 Å². The largest absolute Gasteiger partial charge is 0.396 e. The average molecular weight is 427 g/mol. The molecule has 1 atom stereocenters. The Morgan fingerprint density at radius 1 is 1.26 bits per heavy atom. The molecule has 0 spiro atoms. The van der Waals surface area contributed by atoms with Gasteiger partial charge in [0.2, 0.25) is 0 Å². The van der Waals surface area contributed by atoms with E-state index in [0.717, 1.165) is 35.1 Å². The number of aliphatic hydroxyl groups excluding tert-OH is 1. The molecule has 0 amide bonds. The van der Waals surface area contributed by atoms with Crippen LogP contribution in [0.15, 0.2) is 29.1 Å². The number of fused-ring (bicyclic) bond motifs is 1. The van der Waals surface area contributed by atoms with Crippen molar-refractivity contribution in [3.8, 4) is 0 Å². The van der Waals surface area contributed by atoms with Crippen molar-refractivity contribution in [1.29, 1.82) is 0 Å². The van der Waals surface area contributed by atoms with Crippen molar-refractivity contribution in [3.63, 3.8) is 0 Å². The van der Waals surface area contributed by atoms with Crippen LogP contribution in [0.4, 0.5) is 0 Å². The van der Waals surface area contributed by atoms with Gasteiger partial charge in [-0.2, -0.15) is 0 Å². The smallest absolute Gasteiger partial charge is 0.252 e. The Hall–Kier alpha value is -2.58. The van der Waals surface area contributed by atoms with Crippen molar-refractivity contribution >= 4 is 10.9 Å². The second-order valence-corrected chi connectivity index (χ2v) is 8.80. The molecule has 168 valence electrons. The maximum absolute atomic E-state index is 12.8. The SMILES string of the molecule is CC[C@@H](c1nnnn1C(C)(C)CC)N(CCCO)Cc1cc2cc(C)ccc2[nH]c1=O. The van der Waals surface area contributed by atoms with Gasteiger partial charge in [-0.15, -0.1) is 5.10 Å². The number of hydrogen-bond donors (Lipinski definition) is 2. The minimum atomic E-state index is -0.215. The summed E-state index contributed by atoms with van der Waals surface area (Å²) in [4.78, 5) is 18.0. The minimum absolute atomic E-state index is 0.0695. The summed E-state index contributed by atoms with van der Waals surface area (Å²) < 4.78 is 1.90. The molecule has 0 fully saturated rings. The minimum Gasteiger partial charge on any atom is -0.396 e. The van der Waals surface area contributed by atoms with Crippen molar-refractivity contribution in [2.24, 2.45) is 0 Å². The third-order valence-corrected chi connectivity index (χ3v) is 6.11. The van der Waals surface area contributed by atoms with Crippen LogP contribution in [0.1, 0.15) is 70.0 Å². The van der Waals surface area contributed by atoms with Crippen molar-refractivity contribution in [2.45, 2.75) is 72.0 Å². The highest BCUT2D eigenvalue weighted by Gasteiger charge is 2.30. The summed E-state index contributed by atoms with van der Waals surface area (Å²) in [6.07, 6.45) is 2.29. The number of H-pyrrole nitrogens is 1. The van der Waals surface area contributed by atoms with Gasteiger partial charge in [-0.1, -0.05) is 25.5 Å². The van der Waals surface area contributed by atoms with Crippen LogP contribution in [-0.4, -0.2) is 48.3 Å². The molecule has 0 unspecified atom stereocenters. The number of hydrogen-bond acceptors (Lipinski definition) is 6. The van der Waals surface area contributed by atoms with Crippen molar-refractivity contribution < 1.29 is 5.11 Å². The third kappa shape index (κ3) is 5.02. The molecule has 8 heteroatoms. The van der Waals surface area contributed by atoms with E-state index >= 15 is 0 Å². The second kappa shape index (κ2) is 9.70. The lowest BCUT2D eigenvalue weighted by molar-refractivity contribution is 0.144. The molecule has 0 radical (unpaired) electrons. The molecule has 0 aliphatic heterocycles. The maximum atomic E-state index is 12.8. The Kier molecular flexibility index (Phi) is 7.23. The number of nitrogens with one attached hydrogen (secondary N) is 1. The first-order chi connectivity index (χ1) is 14.8. The Labute approximate surface area is 183 Å². The molecule has 1 aromatic carbocycles. The van der Waals surface area contributed by atoms with Gasteiger partial charge in [0, 0.05) is 30.8 Å². The molecule has 8 nitrogen and oxygen atoms in total. The molecule has 0 aliphatic carbocycles. The van der Waals surface area contributed by atoms with Crippen LogP contribution < -0.4 is 5.56 Å². The topological polar surface area (TPSA) is 99.9 Å². The van der Waals surface area contributed by atoms with Crippen molar-refractivity contribution in [2.75, 3.05) is 13.2 Å². The zero-order chi connectivity index (χ0) is 22.6. The number of tetrazole rings is 1. The number of aromatic nitrogens is 5. The van der Waals surface area contributed by atoms with Gasteiger partial charge in [0.05, 0.1) is 11.6 Å². The fraction of sp³-hybridized carbons (Fsp3) is 0.565. The second-order valence-electron chi connectivity index (χ2n) is 8.80. The molecule has 31 heavy (non-hydrogen) atoms. The lowest BCUT2D eigenvalue weighted by Crippen LogP contribution is -2.37. The van der Waals surface area contributed by atoms with Gasteiger partial charge >= 0.3 is 0 Å². The summed E-state index contributed by atoms with van der Waals surface area (Å²) in [5, 5.41) is 23.1. The number of pyridine rings is 1. The molecular weight excluding hydrogens is 392 g/mol. The van der Waals surface area contributed by atoms with Gasteiger partial charge in [-0.25, -0.2) is 4.68 Å². The van der Waals surface area contributed by atoms with E-state index < -0.39 is 0 Å². The Balaban J connectivity index is 2.00. The highest BCUT2D eigenvalue weighted by atomic mass is 16.3. The van der Waals surface area contributed by atoms with Gasteiger partial charge < -0.3 is 10.1 Å². The number of rotatable bonds is 10. The summed E-state index contributed by atoms with van der Waals surface area (Å²) >= 11 is 0. The lowest BCUT2D eigenvalue weighted by atomic mass is 10.0. The molecule has 2 heterocycles. The van der Waals surface area contributed by atoms with Crippen molar-refractivity contribution in [1.82, 2.24) is 30.1 Å². The van der Waals surface area contributed by atoms with E-state index in [4.69, 9.17) is 0 Å². The van der Waals surface area contributed by atoms with E-state index in [2.05, 4.69) is 59.2 Å². The number of nitrogens with zero attached hydrogens (tertiary/aromatic N) is 5. The third-order valence-electron chi connectivity index (χ3n) is 6.11. The van der Waals surface area contributed by atoms with Gasteiger partial charge in [-0.3, -0.25) is 9.69 Å². The van der Waals surface area contributed by atoms with Gasteiger partial charge in [0.15, 0.2) is 5.82 Å². The van der Waals surface area contributed by atoms with Gasteiger partial charge in [-0.05, 0) is 74.0 Å². The Morgan fingerprint density at radius 3 is 2.71 bits per heavy atom. The first-order valence-corrected chi connectivity index (χ1v) is 11.1. The summed E-state index contributed by atoms with van der Waals surface area (Å²) in [6.45, 7) is 11.7. The predicted molar refractivity (Wildman–Crippen MR) is 122 cm³/mol. The first kappa shape index (κ1) is 23.1. The standard InChI is InChI=1S/C23H34N6O2/c1-6-20(21-25-26-27-29(21)23(4,5)7-2)28(11-8-12-30)15-18-14-17-13-16(3)9-10-19(17)24-22(18)31/h9-10,13-14,20,30H,6-8,11-12,15H2,1-5H3,(H,24,31)/t20-/m0/s1. The first-order valence-electron chi connectivity index (χ1n) is 11.1. The molecule has 2 N–H and O–H groups in total. The van der Waals surface area contributed by atoms with E-state index in [-0.39, 0.29) is 23.7 Å². The van der Waals surface area contributed by atoms with Crippen LogP contribution in [0.25, 0.3) is 10.9 Å². The highest BCUT2D eigenvalue weighted by molar-refractivity contribution is 5.79. The fourth-order valence-electron chi connectivity index (χ4n) is 3.91. The molecule has 0 aliphatic rings. The van der Waals surface area contributed by atoms with E-state index in [1.807, 2.05) is 29.8 Å². The monoisotopic (exact) mass is 426 g/mol. The predicted octanol–water partition coefficient (Wildman–Crippen LogP) is 3.30. The molecule has 0 saturated heterocycles. The normalized spacial score (nSPS) is 13.3. The molecule has 0 bridgehead atoms.